The van der Waals surface area contributed by atoms with E-state index in [2.05, 4.69) is 36.1 Å². The van der Waals surface area contributed by atoms with Crippen LogP contribution in [-0.2, 0) is 13.6 Å². The van der Waals surface area contributed by atoms with E-state index in [1.807, 2.05) is 17.7 Å². The predicted octanol–water partition coefficient (Wildman–Crippen LogP) is -0.740. The first-order chi connectivity index (χ1) is 8.33. The van der Waals surface area contributed by atoms with E-state index in [0.29, 0.717) is 18.0 Å². The Bertz CT molecular complexity index is 639. The van der Waals surface area contributed by atoms with Crippen molar-refractivity contribution in [1.29, 1.82) is 0 Å². The average molecular weight is 231 g/mol. The van der Waals surface area contributed by atoms with Crippen molar-refractivity contribution in [3.63, 3.8) is 0 Å². The summed E-state index contributed by atoms with van der Waals surface area (Å²) in [6.45, 7) is 0.539. The molecule has 1 N–H and O–H groups in total. The molecule has 0 fully saturated rings. The summed E-state index contributed by atoms with van der Waals surface area (Å²) in [5.74, 6) is 1.50. The molecule has 0 radical (unpaired) electrons. The fourth-order valence-corrected chi connectivity index (χ4v) is 1.38. The quantitative estimate of drug-likeness (QED) is 0.633. The Hall–Kier alpha value is -2.58. The number of anilines is 1. The smallest absolute Gasteiger partial charge is 0.200 e. The minimum Gasteiger partial charge on any atom is -0.361 e. The van der Waals surface area contributed by atoms with Gasteiger partial charge in [0.25, 0.3) is 0 Å². The molecule has 0 aromatic carbocycles. The third kappa shape index (κ3) is 1.77. The van der Waals surface area contributed by atoms with E-state index in [-0.39, 0.29) is 0 Å². The Balaban J connectivity index is 1.78. The minimum atomic E-state index is 0.539. The maximum absolute atomic E-state index is 4.18. The van der Waals surface area contributed by atoms with Crippen molar-refractivity contribution >= 4 is 11.5 Å². The van der Waals surface area contributed by atoms with Crippen LogP contribution in [0.4, 0.5) is 5.82 Å². The summed E-state index contributed by atoms with van der Waals surface area (Å²) in [5.41, 5.74) is 0.606. The Morgan fingerprint density at radius 1 is 1.29 bits per heavy atom. The summed E-state index contributed by atoms with van der Waals surface area (Å²) in [6.07, 6.45) is 1.65. The molecule has 9 nitrogen and oxygen atoms in total. The molecule has 0 amide bonds. The van der Waals surface area contributed by atoms with Crippen LogP contribution in [0.5, 0.6) is 0 Å². The Labute approximate surface area is 95.5 Å². The molecular formula is C8H9N9. The van der Waals surface area contributed by atoms with Gasteiger partial charge in [-0.3, -0.25) is 0 Å². The average Bonchev–Trinajstić information content (AvgIpc) is 2.94. The topological polar surface area (TPSA) is 98.7 Å². The van der Waals surface area contributed by atoms with Gasteiger partial charge in [0.05, 0.1) is 6.54 Å². The van der Waals surface area contributed by atoms with E-state index in [9.17, 15) is 0 Å². The summed E-state index contributed by atoms with van der Waals surface area (Å²) in [6, 6.07) is 3.59. The monoisotopic (exact) mass is 231 g/mol. The van der Waals surface area contributed by atoms with Gasteiger partial charge in [-0.15, -0.1) is 25.0 Å². The normalized spacial score (nSPS) is 10.9. The molecule has 0 aliphatic heterocycles. The number of fused-ring (bicyclic) bond motifs is 1. The molecule has 0 aliphatic carbocycles. The molecule has 86 valence electrons. The SMILES string of the molecule is Cn1cnnc1CNc1ccc2nnnn2n1. The van der Waals surface area contributed by atoms with Crippen LogP contribution in [0.15, 0.2) is 18.5 Å². The first kappa shape index (κ1) is 9.63. The molecule has 3 aromatic heterocycles. The molecule has 9 heteroatoms. The number of aryl methyl sites for hydroxylation is 1. The zero-order valence-corrected chi connectivity index (χ0v) is 9.02. The van der Waals surface area contributed by atoms with Gasteiger partial charge >= 0.3 is 0 Å². The number of aromatic nitrogens is 8. The second-order valence-corrected chi connectivity index (χ2v) is 3.46. The summed E-state index contributed by atoms with van der Waals surface area (Å²) >= 11 is 0. The molecular weight excluding hydrogens is 222 g/mol. The number of nitrogens with zero attached hydrogens (tertiary/aromatic N) is 8. The van der Waals surface area contributed by atoms with Crippen LogP contribution in [0.1, 0.15) is 5.82 Å². The van der Waals surface area contributed by atoms with Crippen molar-refractivity contribution in [1.82, 2.24) is 40.0 Å². The van der Waals surface area contributed by atoms with E-state index in [1.54, 1.807) is 12.4 Å². The Kier molecular flexibility index (Phi) is 2.14. The number of nitrogens with one attached hydrogen (secondary N) is 1. The van der Waals surface area contributed by atoms with Gasteiger partial charge < -0.3 is 9.88 Å². The number of rotatable bonds is 3. The van der Waals surface area contributed by atoms with Crippen LogP contribution in [0.2, 0.25) is 0 Å². The van der Waals surface area contributed by atoms with E-state index < -0.39 is 0 Å². The Morgan fingerprint density at radius 3 is 3.06 bits per heavy atom. The van der Waals surface area contributed by atoms with Gasteiger partial charge in [0.15, 0.2) is 11.5 Å². The third-order valence-corrected chi connectivity index (χ3v) is 2.30. The lowest BCUT2D eigenvalue weighted by molar-refractivity contribution is 0.730. The zero-order valence-electron chi connectivity index (χ0n) is 9.02. The highest BCUT2D eigenvalue weighted by atomic mass is 15.6. The summed E-state index contributed by atoms with van der Waals surface area (Å²) in [5, 5.41) is 26.0. The van der Waals surface area contributed by atoms with Crippen LogP contribution < -0.4 is 5.32 Å². The number of hydrogen-bond acceptors (Lipinski definition) is 7. The predicted molar refractivity (Wildman–Crippen MR) is 56.9 cm³/mol. The fourth-order valence-electron chi connectivity index (χ4n) is 1.38. The molecule has 0 bridgehead atoms. The van der Waals surface area contributed by atoms with Crippen molar-refractivity contribution in [2.24, 2.45) is 7.05 Å². The lowest BCUT2D eigenvalue weighted by Gasteiger charge is -2.03. The van der Waals surface area contributed by atoms with Crippen molar-refractivity contribution < 1.29 is 0 Å². The largest absolute Gasteiger partial charge is 0.361 e. The van der Waals surface area contributed by atoms with E-state index in [4.69, 9.17) is 0 Å². The van der Waals surface area contributed by atoms with Gasteiger partial charge in [0.2, 0.25) is 0 Å². The van der Waals surface area contributed by atoms with Gasteiger partial charge in [0.1, 0.15) is 12.1 Å². The van der Waals surface area contributed by atoms with Crippen LogP contribution in [-0.4, -0.2) is 40.0 Å². The molecule has 0 saturated heterocycles. The Morgan fingerprint density at radius 2 is 2.24 bits per heavy atom. The van der Waals surface area contributed by atoms with Gasteiger partial charge in [0, 0.05) is 7.05 Å². The molecule has 0 atom stereocenters. The molecule has 3 rings (SSSR count). The number of tetrazole rings is 1. The van der Waals surface area contributed by atoms with Crippen molar-refractivity contribution in [2.45, 2.75) is 6.54 Å². The molecule has 0 aliphatic rings. The maximum atomic E-state index is 4.18. The van der Waals surface area contributed by atoms with Crippen LogP contribution in [0.3, 0.4) is 0 Å². The van der Waals surface area contributed by atoms with E-state index >= 15 is 0 Å². The van der Waals surface area contributed by atoms with Crippen LogP contribution in [0.25, 0.3) is 5.65 Å². The fraction of sp³-hybridized carbons (Fsp3) is 0.250. The zero-order chi connectivity index (χ0) is 11.7. The van der Waals surface area contributed by atoms with Gasteiger partial charge in [-0.05, 0) is 22.6 Å². The highest BCUT2D eigenvalue weighted by molar-refractivity contribution is 5.42. The molecule has 0 spiro atoms. The van der Waals surface area contributed by atoms with E-state index in [0.717, 1.165) is 5.82 Å². The lowest BCUT2D eigenvalue weighted by Crippen LogP contribution is -2.08. The first-order valence-corrected chi connectivity index (χ1v) is 4.95. The van der Waals surface area contributed by atoms with Crippen molar-refractivity contribution in [2.75, 3.05) is 5.32 Å². The van der Waals surface area contributed by atoms with Crippen LogP contribution in [0, 0.1) is 0 Å². The minimum absolute atomic E-state index is 0.539. The molecule has 0 unspecified atom stereocenters. The number of hydrogen-bond donors (Lipinski definition) is 1. The van der Waals surface area contributed by atoms with Gasteiger partial charge in [-0.1, -0.05) is 0 Å². The van der Waals surface area contributed by atoms with Gasteiger partial charge in [-0.25, -0.2) is 0 Å². The third-order valence-electron chi connectivity index (χ3n) is 2.30. The second kappa shape index (κ2) is 3.77. The highest BCUT2D eigenvalue weighted by Gasteiger charge is 2.03. The summed E-state index contributed by atoms with van der Waals surface area (Å²) < 4.78 is 3.20. The van der Waals surface area contributed by atoms with E-state index in [1.165, 1.54) is 4.63 Å². The first-order valence-electron chi connectivity index (χ1n) is 4.95. The maximum Gasteiger partial charge on any atom is 0.200 e. The van der Waals surface area contributed by atoms with Crippen molar-refractivity contribution in [3.8, 4) is 0 Å². The highest BCUT2D eigenvalue weighted by Crippen LogP contribution is 2.04. The summed E-state index contributed by atoms with van der Waals surface area (Å²) in [4.78, 5) is 0. The summed E-state index contributed by atoms with van der Waals surface area (Å²) in [7, 11) is 1.88. The lowest BCUT2D eigenvalue weighted by atomic mass is 10.5. The molecule has 3 aromatic rings. The molecule has 3 heterocycles. The van der Waals surface area contributed by atoms with Crippen molar-refractivity contribution in [3.05, 3.63) is 24.3 Å². The molecule has 17 heavy (non-hydrogen) atoms. The van der Waals surface area contributed by atoms with Gasteiger partial charge in [-0.2, -0.15) is 0 Å². The van der Waals surface area contributed by atoms with Crippen LogP contribution >= 0.6 is 0 Å². The molecule has 0 saturated carbocycles. The standard InChI is InChI=1S/C8H9N9/c1-16-5-10-11-8(16)4-9-6-2-3-7-12-14-15-17(7)13-6/h2-3,5H,4H2,1H3,(H,9,13). The second-order valence-electron chi connectivity index (χ2n) is 3.46.